The van der Waals surface area contributed by atoms with E-state index >= 15 is 0 Å². The number of rotatable bonds is 4. The molecule has 0 spiro atoms. The summed E-state index contributed by atoms with van der Waals surface area (Å²) >= 11 is 3.23. The van der Waals surface area contributed by atoms with Gasteiger partial charge in [0.1, 0.15) is 0 Å². The van der Waals surface area contributed by atoms with Crippen LogP contribution in [-0.4, -0.2) is 18.5 Å². The van der Waals surface area contributed by atoms with E-state index in [4.69, 9.17) is 4.74 Å². The van der Waals surface area contributed by atoms with Gasteiger partial charge in [0.05, 0.1) is 18.5 Å². The number of halogens is 1. The molecule has 68 valence electrons. The van der Waals surface area contributed by atoms with Gasteiger partial charge in [-0.3, -0.25) is 0 Å². The molecule has 0 aliphatic carbocycles. The Hall–Kier alpha value is -0.260. The number of ether oxygens (including phenoxy) is 1. The molecular formula is C10H15BrO. The second kappa shape index (κ2) is 8.83. The first-order chi connectivity index (χ1) is 5.77. The number of hydrogen-bond acceptors (Lipinski definition) is 1. The van der Waals surface area contributed by atoms with Gasteiger partial charge in [0, 0.05) is 6.42 Å². The zero-order chi connectivity index (χ0) is 9.23. The van der Waals surface area contributed by atoms with Crippen LogP contribution in [0.2, 0.25) is 0 Å². The van der Waals surface area contributed by atoms with Crippen LogP contribution in [-0.2, 0) is 4.74 Å². The minimum Gasteiger partial charge on any atom is -0.376 e. The van der Waals surface area contributed by atoms with E-state index in [0.29, 0.717) is 6.61 Å². The van der Waals surface area contributed by atoms with Gasteiger partial charge < -0.3 is 4.74 Å². The minimum absolute atomic E-state index is 0.707. The average Bonchev–Trinajstić information content (AvgIpc) is 2.02. The van der Waals surface area contributed by atoms with Crippen molar-refractivity contribution in [2.75, 3.05) is 18.5 Å². The number of hydrogen-bond donors (Lipinski definition) is 0. The smallest absolute Gasteiger partial charge is 0.0650 e. The molecule has 0 rings (SSSR count). The van der Waals surface area contributed by atoms with Gasteiger partial charge in [-0.25, -0.2) is 0 Å². The van der Waals surface area contributed by atoms with E-state index in [0.717, 1.165) is 18.4 Å². The van der Waals surface area contributed by atoms with Gasteiger partial charge in [-0.15, -0.1) is 5.92 Å². The second-order valence-electron chi connectivity index (χ2n) is 2.59. The van der Waals surface area contributed by atoms with E-state index in [1.807, 2.05) is 0 Å². The van der Waals surface area contributed by atoms with E-state index in [2.05, 4.69) is 47.7 Å². The summed E-state index contributed by atoms with van der Waals surface area (Å²) in [7, 11) is 0. The highest BCUT2D eigenvalue weighted by Gasteiger charge is 1.82. The van der Waals surface area contributed by atoms with E-state index in [9.17, 15) is 0 Å². The minimum atomic E-state index is 0.707. The molecule has 1 nitrogen and oxygen atoms in total. The van der Waals surface area contributed by atoms with Crippen LogP contribution in [0.25, 0.3) is 0 Å². The van der Waals surface area contributed by atoms with Crippen molar-refractivity contribution in [2.24, 2.45) is 0 Å². The summed E-state index contributed by atoms with van der Waals surface area (Å²) in [6.45, 7) is 5.56. The first kappa shape index (κ1) is 11.7. The van der Waals surface area contributed by atoms with E-state index in [1.54, 1.807) is 0 Å². The van der Waals surface area contributed by atoms with E-state index in [-0.39, 0.29) is 0 Å². The maximum atomic E-state index is 5.30. The molecule has 0 aliphatic heterocycles. The Balaban J connectivity index is 3.17. The summed E-state index contributed by atoms with van der Waals surface area (Å²) in [6, 6.07) is 0. The third-order valence-corrected chi connectivity index (χ3v) is 1.45. The quantitative estimate of drug-likeness (QED) is 0.313. The highest BCUT2D eigenvalue weighted by atomic mass is 79.9. The molecule has 0 saturated carbocycles. The maximum Gasteiger partial charge on any atom is 0.0650 e. The molecule has 12 heavy (non-hydrogen) atoms. The van der Waals surface area contributed by atoms with Crippen molar-refractivity contribution < 1.29 is 4.74 Å². The van der Waals surface area contributed by atoms with Crippen LogP contribution in [0.15, 0.2) is 11.6 Å². The lowest BCUT2D eigenvalue weighted by atomic mass is 10.3. The third-order valence-electron chi connectivity index (χ3n) is 1.17. The monoisotopic (exact) mass is 230 g/mol. The number of alkyl halides is 1. The van der Waals surface area contributed by atoms with Crippen LogP contribution >= 0.6 is 15.9 Å². The summed E-state index contributed by atoms with van der Waals surface area (Å²) < 4.78 is 5.30. The first-order valence-electron chi connectivity index (χ1n) is 4.00. The molecule has 2 heteroatoms. The van der Waals surface area contributed by atoms with Crippen LogP contribution in [0.5, 0.6) is 0 Å². The summed E-state index contributed by atoms with van der Waals surface area (Å²) in [5, 5.41) is 0.751. The Morgan fingerprint density at radius 3 is 2.75 bits per heavy atom. The van der Waals surface area contributed by atoms with E-state index in [1.165, 1.54) is 5.57 Å². The average molecular weight is 231 g/mol. The predicted octanol–water partition coefficient (Wildman–Crippen LogP) is 2.76. The fourth-order valence-electron chi connectivity index (χ4n) is 0.568. The van der Waals surface area contributed by atoms with Crippen molar-refractivity contribution in [3.63, 3.8) is 0 Å². The molecule has 0 heterocycles. The molecule has 0 bridgehead atoms. The topological polar surface area (TPSA) is 9.23 Å². The van der Waals surface area contributed by atoms with Gasteiger partial charge in [-0.05, 0) is 13.8 Å². The highest BCUT2D eigenvalue weighted by molar-refractivity contribution is 9.09. The fraction of sp³-hybridized carbons (Fsp3) is 0.600. The second-order valence-corrected chi connectivity index (χ2v) is 3.15. The van der Waals surface area contributed by atoms with Crippen LogP contribution in [0.4, 0.5) is 0 Å². The Labute approximate surface area is 83.3 Å². The Kier molecular flexibility index (Phi) is 8.64. The van der Waals surface area contributed by atoms with E-state index < -0.39 is 0 Å². The summed E-state index contributed by atoms with van der Waals surface area (Å²) in [6.07, 6.45) is 2.89. The normalized spacial score (nSPS) is 8.58. The molecule has 0 unspecified atom stereocenters. The molecule has 0 saturated heterocycles. The molecule has 0 aliphatic rings. The van der Waals surface area contributed by atoms with Crippen molar-refractivity contribution >= 4 is 15.9 Å². The van der Waals surface area contributed by atoms with Crippen molar-refractivity contribution in [1.82, 2.24) is 0 Å². The van der Waals surface area contributed by atoms with Gasteiger partial charge in [0.15, 0.2) is 0 Å². The molecule has 0 fully saturated rings. The highest BCUT2D eigenvalue weighted by Crippen LogP contribution is 1.89. The lowest BCUT2D eigenvalue weighted by Crippen LogP contribution is -1.93. The maximum absolute atomic E-state index is 5.30. The molecular weight excluding hydrogens is 216 g/mol. The Morgan fingerprint density at radius 1 is 1.42 bits per heavy atom. The molecule has 0 atom stereocenters. The van der Waals surface area contributed by atoms with Gasteiger partial charge in [-0.1, -0.05) is 33.5 Å². The van der Waals surface area contributed by atoms with Crippen molar-refractivity contribution in [3.8, 4) is 11.8 Å². The summed E-state index contributed by atoms with van der Waals surface area (Å²) in [5.74, 6) is 5.90. The molecule has 0 aromatic carbocycles. The molecule has 0 radical (unpaired) electrons. The fourth-order valence-corrected chi connectivity index (χ4v) is 0.766. The SMILES string of the molecule is CC(C)=CCOCCC#CCBr. The summed E-state index contributed by atoms with van der Waals surface area (Å²) in [5.41, 5.74) is 1.29. The summed E-state index contributed by atoms with van der Waals surface area (Å²) in [4.78, 5) is 0. The lowest BCUT2D eigenvalue weighted by Gasteiger charge is -1.96. The predicted molar refractivity (Wildman–Crippen MR) is 56.4 cm³/mol. The van der Waals surface area contributed by atoms with Crippen LogP contribution < -0.4 is 0 Å². The molecule has 0 N–H and O–H groups in total. The standard InChI is InChI=1S/C10H15BrO/c1-10(2)6-9-12-8-5-3-4-7-11/h6H,5,7-9H2,1-2H3. The van der Waals surface area contributed by atoms with Crippen LogP contribution in [0.3, 0.4) is 0 Å². The Morgan fingerprint density at radius 2 is 2.17 bits per heavy atom. The van der Waals surface area contributed by atoms with Gasteiger partial charge in [-0.2, -0.15) is 0 Å². The Bertz CT molecular complexity index is 182. The lowest BCUT2D eigenvalue weighted by molar-refractivity contribution is 0.168. The van der Waals surface area contributed by atoms with Crippen molar-refractivity contribution in [3.05, 3.63) is 11.6 Å². The third kappa shape index (κ3) is 9.74. The molecule has 0 aromatic heterocycles. The van der Waals surface area contributed by atoms with Gasteiger partial charge in [0.2, 0.25) is 0 Å². The largest absolute Gasteiger partial charge is 0.376 e. The zero-order valence-electron chi connectivity index (χ0n) is 7.69. The van der Waals surface area contributed by atoms with Crippen molar-refractivity contribution in [1.29, 1.82) is 0 Å². The van der Waals surface area contributed by atoms with Crippen LogP contribution in [0.1, 0.15) is 20.3 Å². The number of allylic oxidation sites excluding steroid dienone is 1. The first-order valence-corrected chi connectivity index (χ1v) is 5.12. The van der Waals surface area contributed by atoms with Crippen LogP contribution in [0, 0.1) is 11.8 Å². The van der Waals surface area contributed by atoms with Gasteiger partial charge in [0.25, 0.3) is 0 Å². The van der Waals surface area contributed by atoms with Crippen molar-refractivity contribution in [2.45, 2.75) is 20.3 Å². The van der Waals surface area contributed by atoms with Gasteiger partial charge >= 0.3 is 0 Å². The molecule has 0 aromatic rings. The zero-order valence-corrected chi connectivity index (χ0v) is 9.28. The molecule has 0 amide bonds.